The molecule has 0 aliphatic carbocycles. The van der Waals surface area contributed by atoms with Gasteiger partial charge in [0.1, 0.15) is 41.1 Å². The van der Waals surface area contributed by atoms with Crippen LogP contribution in [0.3, 0.4) is 0 Å². The third-order valence-corrected chi connectivity index (χ3v) is 13.3. The van der Waals surface area contributed by atoms with Crippen LogP contribution >= 0.6 is 11.8 Å². The van der Waals surface area contributed by atoms with Gasteiger partial charge in [0.05, 0.1) is 6.61 Å². The molecular formula is C32H60O9SSi. The number of unbranched alkanes of at least 4 members (excludes halogenated alkanes) is 1. The summed E-state index contributed by atoms with van der Waals surface area (Å²) in [5.74, 6) is -2.02. The molecule has 2 fully saturated rings. The van der Waals surface area contributed by atoms with Crippen molar-refractivity contribution in [2.45, 2.75) is 167 Å². The first-order valence-corrected chi connectivity index (χ1v) is 19.8. The molecule has 0 aromatic heterocycles. The molecule has 11 heteroatoms. The molecule has 0 aromatic rings. The van der Waals surface area contributed by atoms with E-state index in [1.807, 2.05) is 13.8 Å². The Hall–Kier alpha value is -0.693. The van der Waals surface area contributed by atoms with E-state index in [0.29, 0.717) is 32.5 Å². The van der Waals surface area contributed by atoms with Crippen molar-refractivity contribution >= 4 is 32.0 Å². The van der Waals surface area contributed by atoms with Gasteiger partial charge in [0.15, 0.2) is 20.0 Å². The molecule has 0 spiro atoms. The van der Waals surface area contributed by atoms with E-state index < -0.39 is 43.2 Å². The summed E-state index contributed by atoms with van der Waals surface area (Å²) in [6.45, 7) is 28.7. The number of thioether (sulfide) groups is 1. The molecule has 0 aromatic carbocycles. The number of ether oxygens (including phenoxy) is 6. The number of hydrogen-bond acceptors (Lipinski definition) is 10. The third-order valence-electron chi connectivity index (χ3n) is 7.76. The molecule has 2 saturated heterocycles. The van der Waals surface area contributed by atoms with Gasteiger partial charge in [-0.2, -0.15) is 0 Å². The summed E-state index contributed by atoms with van der Waals surface area (Å²) in [7, 11) is -1.99. The molecule has 0 bridgehead atoms. The molecule has 5 atom stereocenters. The molecule has 2 aliphatic rings. The standard InChI is InChI=1S/C32H60O9SSi/c1-15-42-28-25(24-23(38-32(11,12)39-24)22(37-28)20-36-43(13,14)31(8,9)10)35-19-17-16-18-21(26(33)40-29(2,3)4)27(34)41-30(5,6)7/h21-25,28H,15-20H2,1-14H3/t22-,23+,24+,25-,28+/m1/s1. The van der Waals surface area contributed by atoms with Crippen LogP contribution in [0.5, 0.6) is 0 Å². The van der Waals surface area contributed by atoms with E-state index in [4.69, 9.17) is 32.8 Å². The zero-order chi connectivity index (χ0) is 33.0. The molecular weight excluding hydrogens is 588 g/mol. The van der Waals surface area contributed by atoms with Gasteiger partial charge >= 0.3 is 11.9 Å². The quantitative estimate of drug-likeness (QED) is 0.0912. The molecule has 0 radical (unpaired) electrons. The highest BCUT2D eigenvalue weighted by Crippen LogP contribution is 2.43. The minimum Gasteiger partial charge on any atom is -0.459 e. The second-order valence-electron chi connectivity index (χ2n) is 15.6. The lowest BCUT2D eigenvalue weighted by Crippen LogP contribution is -2.58. The fourth-order valence-corrected chi connectivity index (χ4v) is 6.69. The van der Waals surface area contributed by atoms with Gasteiger partial charge in [0, 0.05) is 6.61 Å². The van der Waals surface area contributed by atoms with Crippen LogP contribution in [0.2, 0.25) is 18.1 Å². The van der Waals surface area contributed by atoms with Crippen molar-refractivity contribution < 1.29 is 42.4 Å². The highest BCUT2D eigenvalue weighted by Gasteiger charge is 2.56. The smallest absolute Gasteiger partial charge is 0.320 e. The predicted octanol–water partition coefficient (Wildman–Crippen LogP) is 6.86. The SMILES string of the molecule is CCS[C@@H]1O[C@H](CO[Si](C)(C)C(C)(C)C)[C@@H]2OC(C)(C)O[C@@H]2[C@H]1OCCCCC(C(=O)OC(C)(C)C)C(=O)OC(C)(C)C. The molecule has 0 unspecified atom stereocenters. The van der Waals surface area contributed by atoms with Crippen molar-refractivity contribution in [2.75, 3.05) is 19.0 Å². The van der Waals surface area contributed by atoms with Crippen LogP contribution in [-0.4, -0.2) is 86.1 Å². The first-order chi connectivity index (χ1) is 19.5. The van der Waals surface area contributed by atoms with E-state index in [-0.39, 0.29) is 34.9 Å². The van der Waals surface area contributed by atoms with Crippen LogP contribution in [0.4, 0.5) is 0 Å². The summed E-state index contributed by atoms with van der Waals surface area (Å²) in [6, 6.07) is 0. The van der Waals surface area contributed by atoms with Crippen molar-refractivity contribution in [3.8, 4) is 0 Å². The van der Waals surface area contributed by atoms with Gasteiger partial charge in [-0.1, -0.05) is 27.7 Å². The summed E-state index contributed by atoms with van der Waals surface area (Å²) >= 11 is 1.69. The maximum atomic E-state index is 12.9. The molecule has 2 aliphatic heterocycles. The number of carbonyl (C=O) groups is 2. The summed E-state index contributed by atoms with van der Waals surface area (Å²) in [5.41, 5.74) is -1.64. The van der Waals surface area contributed by atoms with Gasteiger partial charge < -0.3 is 32.8 Å². The molecule has 43 heavy (non-hydrogen) atoms. The Morgan fingerprint density at radius 3 is 1.91 bits per heavy atom. The average Bonchev–Trinajstić information content (AvgIpc) is 3.13. The van der Waals surface area contributed by atoms with Crippen molar-refractivity contribution in [3.63, 3.8) is 0 Å². The van der Waals surface area contributed by atoms with Crippen molar-refractivity contribution in [1.82, 2.24) is 0 Å². The molecule has 0 amide bonds. The predicted molar refractivity (Wildman–Crippen MR) is 173 cm³/mol. The van der Waals surface area contributed by atoms with Crippen molar-refractivity contribution in [2.24, 2.45) is 5.92 Å². The van der Waals surface area contributed by atoms with E-state index in [9.17, 15) is 9.59 Å². The zero-order valence-corrected chi connectivity index (χ0v) is 31.1. The maximum Gasteiger partial charge on any atom is 0.320 e. The summed E-state index contributed by atoms with van der Waals surface area (Å²) in [4.78, 5) is 25.8. The van der Waals surface area contributed by atoms with E-state index in [0.717, 1.165) is 5.75 Å². The fraction of sp³-hybridized carbons (Fsp3) is 0.938. The summed E-state index contributed by atoms with van der Waals surface area (Å²) in [6.07, 6.45) is 0.303. The Balaban J connectivity index is 2.07. The normalized spacial score (nSPS) is 26.3. The Bertz CT molecular complexity index is 891. The molecule has 0 saturated carbocycles. The molecule has 0 N–H and O–H groups in total. The Morgan fingerprint density at radius 2 is 1.42 bits per heavy atom. The Morgan fingerprint density at radius 1 is 0.884 bits per heavy atom. The van der Waals surface area contributed by atoms with Crippen LogP contribution < -0.4 is 0 Å². The molecule has 2 heterocycles. The lowest BCUT2D eigenvalue weighted by atomic mass is 10.00. The molecule has 2 rings (SSSR count). The minimum atomic E-state index is -1.99. The number of fused-ring (bicyclic) bond motifs is 1. The number of rotatable bonds is 13. The maximum absolute atomic E-state index is 12.9. The summed E-state index contributed by atoms with van der Waals surface area (Å²) in [5, 5.41) is 0.0859. The van der Waals surface area contributed by atoms with Crippen LogP contribution in [0.25, 0.3) is 0 Å². The number of hydrogen-bond donors (Lipinski definition) is 0. The van der Waals surface area contributed by atoms with Crippen LogP contribution in [0, 0.1) is 5.92 Å². The van der Waals surface area contributed by atoms with Crippen LogP contribution in [0.1, 0.15) is 102 Å². The van der Waals surface area contributed by atoms with Gasteiger partial charge in [-0.15, -0.1) is 11.8 Å². The van der Waals surface area contributed by atoms with Crippen LogP contribution in [-0.2, 0) is 42.4 Å². The minimum absolute atomic E-state index is 0.0859. The molecule has 9 nitrogen and oxygen atoms in total. The number of carbonyl (C=O) groups excluding carboxylic acids is 2. The fourth-order valence-electron chi connectivity index (χ4n) is 4.70. The first-order valence-electron chi connectivity index (χ1n) is 15.8. The highest BCUT2D eigenvalue weighted by atomic mass is 32.2. The summed E-state index contributed by atoms with van der Waals surface area (Å²) < 4.78 is 43.5. The van der Waals surface area contributed by atoms with Crippen LogP contribution in [0.15, 0.2) is 0 Å². The van der Waals surface area contributed by atoms with E-state index in [1.54, 1.807) is 53.3 Å². The lowest BCUT2D eigenvalue weighted by Gasteiger charge is -2.44. The van der Waals surface area contributed by atoms with E-state index in [1.165, 1.54) is 0 Å². The zero-order valence-electron chi connectivity index (χ0n) is 29.3. The van der Waals surface area contributed by atoms with E-state index in [2.05, 4.69) is 40.8 Å². The van der Waals surface area contributed by atoms with Gasteiger partial charge in [-0.25, -0.2) is 0 Å². The molecule has 252 valence electrons. The van der Waals surface area contributed by atoms with Crippen molar-refractivity contribution in [1.29, 1.82) is 0 Å². The average molecular weight is 649 g/mol. The van der Waals surface area contributed by atoms with Gasteiger partial charge in [0.25, 0.3) is 0 Å². The van der Waals surface area contributed by atoms with Crippen molar-refractivity contribution in [3.05, 3.63) is 0 Å². The number of esters is 2. The first kappa shape index (κ1) is 38.5. The lowest BCUT2D eigenvalue weighted by molar-refractivity contribution is -0.183. The largest absolute Gasteiger partial charge is 0.459 e. The highest BCUT2D eigenvalue weighted by molar-refractivity contribution is 7.99. The van der Waals surface area contributed by atoms with Gasteiger partial charge in [-0.05, 0) is 98.5 Å². The monoisotopic (exact) mass is 648 g/mol. The van der Waals surface area contributed by atoms with E-state index >= 15 is 0 Å². The van der Waals surface area contributed by atoms with Gasteiger partial charge in [0.2, 0.25) is 0 Å². The third kappa shape index (κ3) is 11.9. The Kier molecular flexibility index (Phi) is 13.3. The second kappa shape index (κ2) is 14.8. The topological polar surface area (TPSA) is 98.8 Å². The van der Waals surface area contributed by atoms with Gasteiger partial charge in [-0.3, -0.25) is 9.59 Å². The second-order valence-corrected chi connectivity index (χ2v) is 21.8. The Labute approximate surface area is 266 Å².